The maximum absolute atomic E-state index is 12.8. The second kappa shape index (κ2) is 8.14. The molecule has 0 saturated carbocycles. The quantitative estimate of drug-likeness (QED) is 0.676. The van der Waals surface area contributed by atoms with Gasteiger partial charge < -0.3 is 14.5 Å². The average molecular weight is 412 g/mol. The van der Waals surface area contributed by atoms with E-state index in [4.69, 9.17) is 4.74 Å². The largest absolute Gasteiger partial charge is 0.461 e. The first kappa shape index (κ1) is 20.5. The first-order chi connectivity index (χ1) is 14.4. The number of tetrazole rings is 1. The topological polar surface area (TPSA) is 93.5 Å². The van der Waals surface area contributed by atoms with E-state index in [2.05, 4.69) is 15.5 Å². The van der Waals surface area contributed by atoms with Crippen molar-refractivity contribution in [2.75, 3.05) is 33.7 Å². The summed E-state index contributed by atoms with van der Waals surface area (Å²) >= 11 is 0. The Balaban J connectivity index is 1.33. The smallest absolute Gasteiger partial charge is 0.312 e. The number of hydrogen-bond donors (Lipinski definition) is 0. The Labute approximate surface area is 176 Å². The number of rotatable bonds is 5. The van der Waals surface area contributed by atoms with E-state index in [0.717, 1.165) is 24.2 Å². The molecule has 2 aliphatic heterocycles. The number of aryl methyl sites for hydroxylation is 1. The molecule has 0 N–H and O–H groups in total. The molecule has 1 aromatic carbocycles. The Morgan fingerprint density at radius 1 is 1.23 bits per heavy atom. The average Bonchev–Trinajstić information content (AvgIpc) is 3.26. The van der Waals surface area contributed by atoms with Crippen molar-refractivity contribution in [1.29, 1.82) is 0 Å². The molecule has 0 bridgehead atoms. The number of carbonyl (C=O) groups excluding carboxylic acids is 2. The van der Waals surface area contributed by atoms with Crippen molar-refractivity contribution >= 4 is 11.9 Å². The molecular formula is C21H28N6O3. The number of hydrogen-bond acceptors (Lipinski definition) is 7. The predicted molar refractivity (Wildman–Crippen MR) is 109 cm³/mol. The van der Waals surface area contributed by atoms with Gasteiger partial charge >= 0.3 is 5.97 Å². The van der Waals surface area contributed by atoms with Gasteiger partial charge in [0.05, 0.1) is 17.5 Å². The second-order valence-corrected chi connectivity index (χ2v) is 8.64. The molecule has 3 heterocycles. The van der Waals surface area contributed by atoms with Crippen molar-refractivity contribution in [3.8, 4) is 5.69 Å². The summed E-state index contributed by atoms with van der Waals surface area (Å²) in [5.41, 5.74) is 1.39. The lowest BCUT2D eigenvalue weighted by molar-refractivity contribution is -0.152. The van der Waals surface area contributed by atoms with Crippen LogP contribution in [0.4, 0.5) is 0 Å². The summed E-state index contributed by atoms with van der Waals surface area (Å²) in [5, 5.41) is 11.5. The van der Waals surface area contributed by atoms with E-state index in [1.807, 2.05) is 55.1 Å². The SMILES string of the molecule is Cc1nnnn1-c1ccc(CC(=O)N2CCC3(CC2)CC(CN(C)C)OC3=O)cc1. The number of benzene rings is 1. The maximum Gasteiger partial charge on any atom is 0.312 e. The van der Waals surface area contributed by atoms with Crippen LogP contribution in [-0.4, -0.2) is 81.7 Å². The third-order valence-corrected chi connectivity index (χ3v) is 6.13. The van der Waals surface area contributed by atoms with Crippen LogP contribution < -0.4 is 0 Å². The number of carbonyl (C=O) groups is 2. The molecule has 2 fully saturated rings. The van der Waals surface area contributed by atoms with E-state index in [9.17, 15) is 9.59 Å². The van der Waals surface area contributed by atoms with Gasteiger partial charge in [-0.15, -0.1) is 5.10 Å². The molecule has 0 radical (unpaired) electrons. The van der Waals surface area contributed by atoms with Gasteiger partial charge in [-0.05, 0) is 62.0 Å². The van der Waals surface area contributed by atoms with Crippen LogP contribution in [0.25, 0.3) is 5.69 Å². The number of likely N-dealkylation sites (tertiary alicyclic amines) is 1. The highest BCUT2D eigenvalue weighted by Gasteiger charge is 2.50. The van der Waals surface area contributed by atoms with E-state index in [1.54, 1.807) is 4.68 Å². The number of amides is 1. The van der Waals surface area contributed by atoms with Crippen molar-refractivity contribution in [1.82, 2.24) is 30.0 Å². The lowest BCUT2D eigenvalue weighted by Crippen LogP contribution is -2.45. The number of ether oxygens (including phenoxy) is 1. The highest BCUT2D eigenvalue weighted by Crippen LogP contribution is 2.43. The van der Waals surface area contributed by atoms with Crippen LogP contribution in [0.3, 0.4) is 0 Å². The van der Waals surface area contributed by atoms with Crippen molar-refractivity contribution in [2.24, 2.45) is 5.41 Å². The highest BCUT2D eigenvalue weighted by atomic mass is 16.6. The molecule has 9 heteroatoms. The normalized spacial score (nSPS) is 20.7. The first-order valence-corrected chi connectivity index (χ1v) is 10.3. The fraction of sp³-hybridized carbons (Fsp3) is 0.571. The fourth-order valence-corrected chi connectivity index (χ4v) is 4.45. The van der Waals surface area contributed by atoms with E-state index in [0.29, 0.717) is 38.2 Å². The van der Waals surface area contributed by atoms with Gasteiger partial charge in [0.25, 0.3) is 0 Å². The highest BCUT2D eigenvalue weighted by molar-refractivity contribution is 5.81. The van der Waals surface area contributed by atoms with Crippen LogP contribution in [0.2, 0.25) is 0 Å². The number of aromatic nitrogens is 4. The van der Waals surface area contributed by atoms with Gasteiger partial charge in [-0.1, -0.05) is 12.1 Å². The van der Waals surface area contributed by atoms with Gasteiger partial charge in [-0.2, -0.15) is 4.68 Å². The van der Waals surface area contributed by atoms with Crippen molar-refractivity contribution in [2.45, 2.75) is 38.7 Å². The number of esters is 1. The minimum absolute atomic E-state index is 0.0444. The van der Waals surface area contributed by atoms with Crippen LogP contribution >= 0.6 is 0 Å². The summed E-state index contributed by atoms with van der Waals surface area (Å²) in [4.78, 5) is 29.2. The third kappa shape index (κ3) is 4.07. The van der Waals surface area contributed by atoms with E-state index in [1.165, 1.54) is 0 Å². The summed E-state index contributed by atoms with van der Waals surface area (Å²) in [5.74, 6) is 0.710. The number of nitrogens with zero attached hydrogens (tertiary/aromatic N) is 6. The monoisotopic (exact) mass is 412 g/mol. The minimum Gasteiger partial charge on any atom is -0.461 e. The van der Waals surface area contributed by atoms with Crippen LogP contribution in [-0.2, 0) is 20.7 Å². The number of cyclic esters (lactones) is 1. The van der Waals surface area contributed by atoms with Gasteiger partial charge in [-0.25, -0.2) is 0 Å². The zero-order chi connectivity index (χ0) is 21.3. The molecule has 1 aromatic heterocycles. The van der Waals surface area contributed by atoms with Crippen LogP contribution in [0, 0.1) is 12.3 Å². The zero-order valence-electron chi connectivity index (χ0n) is 17.7. The summed E-state index contributed by atoms with van der Waals surface area (Å²) in [6, 6.07) is 7.69. The molecule has 2 aromatic rings. The summed E-state index contributed by atoms with van der Waals surface area (Å²) in [6.45, 7) is 3.79. The predicted octanol–water partition coefficient (Wildman–Crippen LogP) is 0.999. The Morgan fingerprint density at radius 3 is 2.53 bits per heavy atom. The van der Waals surface area contributed by atoms with Gasteiger partial charge in [0.1, 0.15) is 6.10 Å². The van der Waals surface area contributed by atoms with Gasteiger partial charge in [0.2, 0.25) is 5.91 Å². The zero-order valence-corrected chi connectivity index (χ0v) is 17.7. The molecule has 0 aliphatic carbocycles. The molecule has 1 unspecified atom stereocenters. The second-order valence-electron chi connectivity index (χ2n) is 8.64. The molecule has 1 amide bonds. The van der Waals surface area contributed by atoms with Crippen LogP contribution in [0.5, 0.6) is 0 Å². The van der Waals surface area contributed by atoms with Gasteiger partial charge in [0, 0.05) is 26.1 Å². The summed E-state index contributed by atoms with van der Waals surface area (Å²) in [6.07, 6.45) is 2.41. The lowest BCUT2D eigenvalue weighted by atomic mass is 9.76. The van der Waals surface area contributed by atoms with Crippen LogP contribution in [0.1, 0.15) is 30.7 Å². The van der Waals surface area contributed by atoms with E-state index >= 15 is 0 Å². The first-order valence-electron chi connectivity index (χ1n) is 10.3. The fourth-order valence-electron chi connectivity index (χ4n) is 4.45. The Kier molecular flexibility index (Phi) is 5.55. The molecule has 2 saturated heterocycles. The Hall–Kier alpha value is -2.81. The maximum atomic E-state index is 12.8. The standard InChI is InChI=1S/C21H28N6O3/c1-15-22-23-24-27(15)17-6-4-16(5-7-17)12-19(28)26-10-8-21(9-11-26)13-18(14-25(2)3)30-20(21)29/h4-7,18H,8-14H2,1-3H3. The Morgan fingerprint density at radius 2 is 1.93 bits per heavy atom. The molecule has 1 spiro atoms. The summed E-state index contributed by atoms with van der Waals surface area (Å²) < 4.78 is 7.26. The van der Waals surface area contributed by atoms with E-state index in [-0.39, 0.29) is 18.0 Å². The number of likely N-dealkylation sites (N-methyl/N-ethyl adjacent to an activating group) is 1. The molecule has 9 nitrogen and oxygen atoms in total. The summed E-state index contributed by atoms with van der Waals surface area (Å²) in [7, 11) is 3.97. The van der Waals surface area contributed by atoms with Gasteiger partial charge in [-0.3, -0.25) is 9.59 Å². The van der Waals surface area contributed by atoms with E-state index < -0.39 is 5.41 Å². The molecule has 30 heavy (non-hydrogen) atoms. The molecule has 160 valence electrons. The van der Waals surface area contributed by atoms with Crippen molar-refractivity contribution < 1.29 is 14.3 Å². The third-order valence-electron chi connectivity index (χ3n) is 6.13. The molecule has 2 aliphatic rings. The number of piperidine rings is 1. The molecule has 1 atom stereocenters. The minimum atomic E-state index is -0.414. The van der Waals surface area contributed by atoms with Crippen molar-refractivity contribution in [3.63, 3.8) is 0 Å². The Bertz CT molecular complexity index is 915. The molecular weight excluding hydrogens is 384 g/mol. The van der Waals surface area contributed by atoms with Crippen LogP contribution in [0.15, 0.2) is 24.3 Å². The molecule has 4 rings (SSSR count). The lowest BCUT2D eigenvalue weighted by Gasteiger charge is -2.36. The van der Waals surface area contributed by atoms with Crippen molar-refractivity contribution in [3.05, 3.63) is 35.7 Å². The van der Waals surface area contributed by atoms with Gasteiger partial charge in [0.15, 0.2) is 5.82 Å².